The summed E-state index contributed by atoms with van der Waals surface area (Å²) in [5.74, 6) is 6.22. The van der Waals surface area contributed by atoms with Crippen molar-refractivity contribution in [1.29, 1.82) is 0 Å². The van der Waals surface area contributed by atoms with E-state index in [0.717, 1.165) is 26.2 Å². The molecule has 1 aromatic rings. The van der Waals surface area contributed by atoms with Crippen molar-refractivity contribution >= 4 is 17.6 Å². The van der Waals surface area contributed by atoms with Crippen molar-refractivity contribution in [3.63, 3.8) is 0 Å². The van der Waals surface area contributed by atoms with E-state index in [4.69, 9.17) is 0 Å². The molecule has 1 aromatic carbocycles. The van der Waals surface area contributed by atoms with Crippen LogP contribution in [0.4, 0.5) is 0 Å². The lowest BCUT2D eigenvalue weighted by Crippen LogP contribution is -2.52. The second kappa shape index (κ2) is 7.95. The first-order valence-electron chi connectivity index (χ1n) is 8.53. The predicted octanol–water partition coefficient (Wildman–Crippen LogP) is 0.755. The van der Waals surface area contributed by atoms with Gasteiger partial charge in [0, 0.05) is 38.2 Å². The number of nitrogens with zero attached hydrogens (tertiary/aromatic N) is 3. The number of carbonyl (C=O) groups excluding carboxylic acids is 2. The van der Waals surface area contributed by atoms with Crippen molar-refractivity contribution in [3.05, 3.63) is 35.9 Å². The van der Waals surface area contributed by atoms with Crippen LogP contribution in [0.25, 0.3) is 0 Å². The largest absolute Gasteiger partial charge is 0.340 e. The molecule has 6 heteroatoms. The summed E-state index contributed by atoms with van der Waals surface area (Å²) in [6.07, 6.45) is 0.0918. The van der Waals surface area contributed by atoms with Crippen molar-refractivity contribution in [1.82, 2.24) is 15.1 Å². The maximum atomic E-state index is 12.8. The normalized spacial score (nSPS) is 20.1. The number of amides is 1. The number of nitrogens with one attached hydrogen (secondary N) is 1. The van der Waals surface area contributed by atoms with Crippen molar-refractivity contribution in [3.8, 4) is 11.8 Å². The molecule has 0 spiro atoms. The zero-order valence-corrected chi connectivity index (χ0v) is 14.4. The summed E-state index contributed by atoms with van der Waals surface area (Å²) in [7, 11) is 0. The van der Waals surface area contributed by atoms with Crippen LogP contribution >= 0.6 is 0 Å². The third-order valence-corrected chi connectivity index (χ3v) is 4.35. The summed E-state index contributed by atoms with van der Waals surface area (Å²) in [6.45, 7) is 5.36. The number of aliphatic imine (C=N–C) groups is 1. The van der Waals surface area contributed by atoms with E-state index in [-0.39, 0.29) is 18.1 Å². The third-order valence-electron chi connectivity index (χ3n) is 4.35. The van der Waals surface area contributed by atoms with Crippen LogP contribution in [-0.2, 0) is 4.79 Å². The summed E-state index contributed by atoms with van der Waals surface area (Å²) in [5.41, 5.74) is 0.612. The number of ketones is 1. The van der Waals surface area contributed by atoms with Crippen molar-refractivity contribution < 1.29 is 9.59 Å². The zero-order chi connectivity index (χ0) is 17.6. The highest BCUT2D eigenvalue weighted by atomic mass is 16.2. The highest BCUT2D eigenvalue weighted by Crippen LogP contribution is 2.19. The molecule has 2 heterocycles. The maximum absolute atomic E-state index is 12.8. The highest BCUT2D eigenvalue weighted by molar-refractivity contribution is 6.08. The number of rotatable bonds is 4. The average molecular weight is 338 g/mol. The minimum absolute atomic E-state index is 0.0641. The fraction of sp³-hybridized carbons (Fsp3) is 0.421. The lowest BCUT2D eigenvalue weighted by atomic mass is 10.0. The molecule has 1 atom stereocenters. The van der Waals surface area contributed by atoms with Crippen LogP contribution in [0.3, 0.4) is 0 Å². The van der Waals surface area contributed by atoms with Crippen LogP contribution in [0.5, 0.6) is 0 Å². The first-order valence-corrected chi connectivity index (χ1v) is 8.53. The molecule has 130 valence electrons. The molecule has 1 saturated heterocycles. The van der Waals surface area contributed by atoms with Gasteiger partial charge in [-0.15, -0.1) is 5.92 Å². The molecule has 0 aromatic heterocycles. The molecule has 1 amide bonds. The number of Topliss-reactive ketones (excluding diaryl/α,β-unsaturated/α-hetero) is 1. The minimum Gasteiger partial charge on any atom is -0.340 e. The maximum Gasteiger partial charge on any atom is 0.255 e. The minimum atomic E-state index is -0.656. The number of benzene rings is 1. The molecule has 0 saturated carbocycles. The monoisotopic (exact) mass is 338 g/mol. The Hall–Kier alpha value is -2.65. The van der Waals surface area contributed by atoms with E-state index in [0.29, 0.717) is 18.1 Å². The van der Waals surface area contributed by atoms with Gasteiger partial charge < -0.3 is 10.2 Å². The van der Waals surface area contributed by atoms with Crippen LogP contribution in [0, 0.1) is 11.8 Å². The number of guanidine groups is 1. The van der Waals surface area contributed by atoms with E-state index in [2.05, 4.69) is 27.0 Å². The number of hydrogen-bond acceptors (Lipinski definition) is 5. The second-order valence-electron chi connectivity index (χ2n) is 6.03. The summed E-state index contributed by atoms with van der Waals surface area (Å²) >= 11 is 0. The molecule has 25 heavy (non-hydrogen) atoms. The van der Waals surface area contributed by atoms with Crippen molar-refractivity contribution in [2.75, 3.05) is 32.7 Å². The number of hydrogen-bond donors (Lipinski definition) is 1. The van der Waals surface area contributed by atoms with Crippen molar-refractivity contribution in [2.45, 2.75) is 19.4 Å². The molecule has 1 N–H and O–H groups in total. The standard InChI is InChI=1S/C19H22N4O2/c1-2-3-11-23-18(25)16(14-17(24)15-7-5-4-6-8-15)21-19(23)22-12-9-20-10-13-22/h4-8,16,20H,9-14H2,1H3. The summed E-state index contributed by atoms with van der Waals surface area (Å²) in [6, 6.07) is 8.39. The van der Waals surface area contributed by atoms with E-state index in [1.807, 2.05) is 18.2 Å². The molecule has 0 aliphatic carbocycles. The Bertz CT molecular complexity index is 727. The Kier molecular flexibility index (Phi) is 5.46. The van der Waals surface area contributed by atoms with Gasteiger partial charge in [0.05, 0.1) is 6.54 Å². The van der Waals surface area contributed by atoms with E-state index in [1.54, 1.807) is 24.0 Å². The molecule has 2 aliphatic rings. The Morgan fingerprint density at radius 3 is 2.68 bits per heavy atom. The van der Waals surface area contributed by atoms with Gasteiger partial charge in [0.2, 0.25) is 5.96 Å². The quantitative estimate of drug-likeness (QED) is 0.650. The molecular weight excluding hydrogens is 316 g/mol. The predicted molar refractivity (Wildman–Crippen MR) is 96.2 cm³/mol. The first kappa shape index (κ1) is 17.2. The Morgan fingerprint density at radius 1 is 1.28 bits per heavy atom. The lowest BCUT2D eigenvalue weighted by molar-refractivity contribution is -0.127. The van der Waals surface area contributed by atoms with Gasteiger partial charge in [0.1, 0.15) is 6.04 Å². The van der Waals surface area contributed by atoms with E-state index < -0.39 is 6.04 Å². The molecular formula is C19H22N4O2. The van der Waals surface area contributed by atoms with Gasteiger partial charge in [-0.05, 0) is 6.92 Å². The highest BCUT2D eigenvalue weighted by Gasteiger charge is 2.38. The van der Waals surface area contributed by atoms with Gasteiger partial charge in [-0.2, -0.15) is 0 Å². The Balaban J connectivity index is 1.78. The molecule has 1 unspecified atom stereocenters. The third kappa shape index (κ3) is 3.89. The first-order chi connectivity index (χ1) is 12.2. The van der Waals surface area contributed by atoms with Gasteiger partial charge in [-0.25, -0.2) is 4.99 Å². The van der Waals surface area contributed by atoms with Crippen LogP contribution in [0.1, 0.15) is 23.7 Å². The lowest BCUT2D eigenvalue weighted by Gasteiger charge is -2.32. The molecule has 2 aliphatic heterocycles. The van der Waals surface area contributed by atoms with Crippen LogP contribution in [0.15, 0.2) is 35.3 Å². The van der Waals surface area contributed by atoms with Crippen LogP contribution in [0.2, 0.25) is 0 Å². The van der Waals surface area contributed by atoms with Crippen LogP contribution < -0.4 is 5.32 Å². The van der Waals surface area contributed by atoms with Crippen molar-refractivity contribution in [2.24, 2.45) is 4.99 Å². The van der Waals surface area contributed by atoms with E-state index in [9.17, 15) is 9.59 Å². The molecule has 1 fully saturated rings. The van der Waals surface area contributed by atoms with E-state index in [1.165, 1.54) is 0 Å². The number of carbonyl (C=O) groups is 2. The molecule has 0 radical (unpaired) electrons. The summed E-state index contributed by atoms with van der Waals surface area (Å²) in [5, 5.41) is 3.29. The fourth-order valence-electron chi connectivity index (χ4n) is 3.02. The SMILES string of the molecule is CC#CCN1C(=O)C(CC(=O)c2ccccc2)N=C1N1CCNCC1. The van der Waals surface area contributed by atoms with Crippen LogP contribution in [-0.4, -0.2) is 66.2 Å². The molecule has 0 bridgehead atoms. The number of piperazine rings is 1. The van der Waals surface area contributed by atoms with Gasteiger partial charge in [0.25, 0.3) is 5.91 Å². The Morgan fingerprint density at radius 2 is 2.00 bits per heavy atom. The molecule has 3 rings (SSSR count). The smallest absolute Gasteiger partial charge is 0.255 e. The summed E-state index contributed by atoms with van der Waals surface area (Å²) < 4.78 is 0. The topological polar surface area (TPSA) is 65.0 Å². The van der Waals surface area contributed by atoms with Gasteiger partial charge in [-0.1, -0.05) is 36.3 Å². The average Bonchev–Trinajstić information content (AvgIpc) is 2.97. The second-order valence-corrected chi connectivity index (χ2v) is 6.03. The Labute approximate surface area is 147 Å². The van der Waals surface area contributed by atoms with E-state index >= 15 is 0 Å². The van der Waals surface area contributed by atoms with Gasteiger partial charge in [-0.3, -0.25) is 14.5 Å². The van der Waals surface area contributed by atoms with Gasteiger partial charge in [0.15, 0.2) is 5.78 Å². The zero-order valence-electron chi connectivity index (χ0n) is 14.4. The van der Waals surface area contributed by atoms with Gasteiger partial charge >= 0.3 is 0 Å². The summed E-state index contributed by atoms with van der Waals surface area (Å²) in [4.78, 5) is 33.5. The fourth-order valence-corrected chi connectivity index (χ4v) is 3.02. The molecule has 6 nitrogen and oxygen atoms in total.